The Labute approximate surface area is 185 Å². The number of carbonyl (C=O) groups excluding carboxylic acids is 2. The van der Waals surface area contributed by atoms with Crippen LogP contribution in [0.1, 0.15) is 36.4 Å². The van der Waals surface area contributed by atoms with Gasteiger partial charge >= 0.3 is 5.97 Å². The van der Waals surface area contributed by atoms with Gasteiger partial charge in [-0.2, -0.15) is 0 Å². The average molecular weight is 462 g/mol. The van der Waals surface area contributed by atoms with Crippen LogP contribution >= 0.6 is 23.1 Å². The van der Waals surface area contributed by atoms with Crippen LogP contribution in [-0.4, -0.2) is 28.7 Å². The van der Waals surface area contributed by atoms with Gasteiger partial charge in [0.05, 0.1) is 12.4 Å². The highest BCUT2D eigenvalue weighted by molar-refractivity contribution is 8.00. The molecule has 0 fully saturated rings. The molecule has 0 saturated carbocycles. The fourth-order valence-electron chi connectivity index (χ4n) is 2.32. The summed E-state index contributed by atoms with van der Waals surface area (Å²) in [6.07, 6.45) is 1.45. The molecule has 2 heterocycles. The fraction of sp³-hybridized carbons (Fsp3) is 0.250. The summed E-state index contributed by atoms with van der Waals surface area (Å²) in [5.41, 5.74) is -0.275. The molecule has 162 valence electrons. The number of benzene rings is 1. The van der Waals surface area contributed by atoms with E-state index in [4.69, 9.17) is 13.9 Å². The second kappa shape index (κ2) is 10.7. The third-order valence-electron chi connectivity index (χ3n) is 3.77. The maximum Gasteiger partial charge on any atom is 0.347 e. The molecule has 11 heteroatoms. The van der Waals surface area contributed by atoms with E-state index in [9.17, 15) is 14.4 Å². The minimum Gasteiger partial charge on any atom is -0.493 e. The summed E-state index contributed by atoms with van der Waals surface area (Å²) < 4.78 is 16.6. The van der Waals surface area contributed by atoms with E-state index >= 15 is 0 Å². The highest BCUT2D eigenvalue weighted by Gasteiger charge is 2.17. The summed E-state index contributed by atoms with van der Waals surface area (Å²) in [5, 5.41) is 10.9. The Morgan fingerprint density at radius 2 is 2.00 bits per heavy atom. The van der Waals surface area contributed by atoms with E-state index < -0.39 is 11.4 Å². The molecule has 0 radical (unpaired) electrons. The molecule has 2 aromatic heterocycles. The van der Waals surface area contributed by atoms with Gasteiger partial charge in [0.2, 0.25) is 22.2 Å². The van der Waals surface area contributed by atoms with E-state index in [1.807, 2.05) is 0 Å². The number of thioether (sulfide) groups is 1. The quantitative estimate of drug-likeness (QED) is 0.288. The van der Waals surface area contributed by atoms with Crippen LogP contribution in [-0.2, 0) is 10.5 Å². The Kier molecular flexibility index (Phi) is 7.79. The number of nitrogens with zero attached hydrogens (tertiary/aromatic N) is 2. The molecule has 3 aromatic rings. The number of aromatic nitrogens is 2. The number of para-hydroxylation sites is 1. The Morgan fingerprint density at radius 1 is 1.19 bits per heavy atom. The molecule has 1 N–H and O–H groups in total. The van der Waals surface area contributed by atoms with Crippen LogP contribution in [0.2, 0.25) is 0 Å². The Bertz CT molecular complexity index is 1130. The summed E-state index contributed by atoms with van der Waals surface area (Å²) in [5.74, 6) is -0.0162. The van der Waals surface area contributed by atoms with Crippen LogP contribution in [0.5, 0.6) is 11.5 Å². The lowest BCUT2D eigenvalue weighted by atomic mass is 10.2. The average Bonchev–Trinajstić information content (AvgIpc) is 3.21. The van der Waals surface area contributed by atoms with E-state index in [-0.39, 0.29) is 17.2 Å². The molecular weight excluding hydrogens is 442 g/mol. The first kappa shape index (κ1) is 22.5. The predicted molar refractivity (Wildman–Crippen MR) is 116 cm³/mol. The first-order valence-electron chi connectivity index (χ1n) is 9.32. The van der Waals surface area contributed by atoms with Crippen LogP contribution in [0.25, 0.3) is 0 Å². The number of hydrogen-bond donors (Lipinski definition) is 1. The minimum atomic E-state index is -0.714. The highest BCUT2D eigenvalue weighted by atomic mass is 32.2. The summed E-state index contributed by atoms with van der Waals surface area (Å²) >= 11 is 2.52. The first-order chi connectivity index (χ1) is 15.0. The maximum atomic E-state index is 12.4. The molecule has 0 saturated heterocycles. The zero-order valence-corrected chi connectivity index (χ0v) is 18.4. The van der Waals surface area contributed by atoms with Crippen molar-refractivity contribution in [2.45, 2.75) is 30.4 Å². The summed E-state index contributed by atoms with van der Waals surface area (Å²) in [6, 6.07) is 7.87. The Morgan fingerprint density at radius 3 is 2.74 bits per heavy atom. The predicted octanol–water partition coefficient (Wildman–Crippen LogP) is 3.75. The van der Waals surface area contributed by atoms with Crippen molar-refractivity contribution in [3.05, 3.63) is 58.1 Å². The highest BCUT2D eigenvalue weighted by Crippen LogP contribution is 2.28. The molecule has 0 aliphatic rings. The number of carbonyl (C=O) groups is 2. The van der Waals surface area contributed by atoms with Crippen LogP contribution in [0, 0.1) is 0 Å². The van der Waals surface area contributed by atoms with Crippen molar-refractivity contribution in [3.63, 3.8) is 0 Å². The van der Waals surface area contributed by atoms with Gasteiger partial charge in [-0.15, -0.1) is 10.2 Å². The Hall–Kier alpha value is -3.18. The van der Waals surface area contributed by atoms with Crippen molar-refractivity contribution in [1.82, 2.24) is 10.2 Å². The van der Waals surface area contributed by atoms with Crippen molar-refractivity contribution < 1.29 is 23.5 Å². The number of rotatable bonds is 9. The van der Waals surface area contributed by atoms with Crippen molar-refractivity contribution in [2.24, 2.45) is 0 Å². The van der Waals surface area contributed by atoms with Crippen LogP contribution in [0.15, 0.2) is 50.1 Å². The van der Waals surface area contributed by atoms with E-state index in [0.29, 0.717) is 39.8 Å². The smallest absolute Gasteiger partial charge is 0.347 e. The largest absolute Gasteiger partial charge is 0.493 e. The van der Waals surface area contributed by atoms with E-state index in [0.717, 1.165) is 6.26 Å². The third kappa shape index (κ3) is 6.15. The maximum absolute atomic E-state index is 12.4. The van der Waals surface area contributed by atoms with Gasteiger partial charge in [0.15, 0.2) is 4.34 Å². The van der Waals surface area contributed by atoms with Crippen molar-refractivity contribution in [3.8, 4) is 11.5 Å². The van der Waals surface area contributed by atoms with Crippen molar-refractivity contribution >= 4 is 40.1 Å². The second-order valence-corrected chi connectivity index (χ2v) is 8.16. The lowest BCUT2D eigenvalue weighted by Crippen LogP contribution is -2.15. The van der Waals surface area contributed by atoms with Gasteiger partial charge in [-0.05, 0) is 19.1 Å². The molecule has 0 aliphatic carbocycles. The zero-order valence-electron chi connectivity index (χ0n) is 16.7. The monoisotopic (exact) mass is 461 g/mol. The molecule has 1 aromatic carbocycles. The molecule has 0 bridgehead atoms. The van der Waals surface area contributed by atoms with Gasteiger partial charge in [0.25, 0.3) is 0 Å². The van der Waals surface area contributed by atoms with E-state index in [1.165, 1.54) is 29.2 Å². The number of hydrogen-bond acceptors (Lipinski definition) is 10. The normalized spacial score (nSPS) is 10.5. The number of nitrogens with one attached hydrogen (secondary N) is 1. The van der Waals surface area contributed by atoms with E-state index in [1.54, 1.807) is 38.1 Å². The summed E-state index contributed by atoms with van der Waals surface area (Å²) in [4.78, 5) is 36.1. The second-order valence-electron chi connectivity index (χ2n) is 5.96. The molecule has 3 rings (SSSR count). The standard InChI is InChI=1S/C20H19N3O6S2/c1-3-17(25)21-19-22-23-20(31-19)30-11-12-9-14(24)16(10-28-12)29-18(26)13-7-5-6-8-15(13)27-4-2/h5-10H,3-4,11H2,1-2H3,(H,21,22,25). The number of esters is 1. The summed E-state index contributed by atoms with van der Waals surface area (Å²) in [6.45, 7) is 3.93. The van der Waals surface area contributed by atoms with E-state index in [2.05, 4.69) is 15.5 Å². The first-order valence-corrected chi connectivity index (χ1v) is 11.1. The number of ether oxygens (including phenoxy) is 2. The molecule has 9 nitrogen and oxygen atoms in total. The topological polar surface area (TPSA) is 121 Å². The fourth-order valence-corrected chi connectivity index (χ4v) is 3.98. The van der Waals surface area contributed by atoms with Gasteiger partial charge < -0.3 is 19.2 Å². The minimum absolute atomic E-state index is 0.146. The van der Waals surface area contributed by atoms with Gasteiger partial charge in [-0.3, -0.25) is 9.59 Å². The molecule has 0 atom stereocenters. The molecular formula is C20H19N3O6S2. The SMILES string of the molecule is CCOc1ccccc1C(=O)Oc1coc(CSc2nnc(NC(=O)CC)s2)cc1=O. The van der Waals surface area contributed by atoms with Crippen molar-refractivity contribution in [2.75, 3.05) is 11.9 Å². The molecule has 0 unspecified atom stereocenters. The molecule has 0 spiro atoms. The van der Waals surface area contributed by atoms with Crippen molar-refractivity contribution in [1.29, 1.82) is 0 Å². The lowest BCUT2D eigenvalue weighted by Gasteiger charge is -2.09. The van der Waals surface area contributed by atoms with Gasteiger partial charge in [0, 0.05) is 12.5 Å². The van der Waals surface area contributed by atoms with Crippen LogP contribution < -0.4 is 20.2 Å². The Balaban J connectivity index is 1.62. The van der Waals surface area contributed by atoms with Gasteiger partial charge in [-0.25, -0.2) is 4.79 Å². The number of anilines is 1. The third-order valence-corrected chi connectivity index (χ3v) is 5.77. The van der Waals surface area contributed by atoms with Crippen LogP contribution in [0.4, 0.5) is 5.13 Å². The zero-order chi connectivity index (χ0) is 22.2. The molecule has 0 aliphatic heterocycles. The summed E-state index contributed by atoms with van der Waals surface area (Å²) in [7, 11) is 0. The van der Waals surface area contributed by atoms with Gasteiger partial charge in [0.1, 0.15) is 23.3 Å². The van der Waals surface area contributed by atoms with Gasteiger partial charge in [-0.1, -0.05) is 42.2 Å². The number of amides is 1. The molecule has 1 amide bonds. The lowest BCUT2D eigenvalue weighted by molar-refractivity contribution is -0.115. The molecule has 31 heavy (non-hydrogen) atoms. The van der Waals surface area contributed by atoms with Crippen LogP contribution in [0.3, 0.4) is 0 Å².